The van der Waals surface area contributed by atoms with Gasteiger partial charge >= 0.3 is 5.97 Å². The zero-order valence-corrected chi connectivity index (χ0v) is 14.0. The predicted octanol–water partition coefficient (Wildman–Crippen LogP) is 0.184. The molecule has 1 fully saturated rings. The summed E-state index contributed by atoms with van der Waals surface area (Å²) in [5.74, 6) is -1.79. The van der Waals surface area contributed by atoms with Crippen molar-refractivity contribution in [3.8, 4) is 0 Å². The Hall–Kier alpha value is -0.670. The standard InChI is InChI=1S/C12H23NO6S2/c1-10(8-12(14)15)11-4-3-5-13(9-11)21(18,19)7-6-20(2,16)17/h10-11H,3-9H2,1-2H3,(H,14,15). The molecule has 1 N–H and O–H groups in total. The van der Waals surface area contributed by atoms with E-state index in [1.54, 1.807) is 0 Å². The van der Waals surface area contributed by atoms with Gasteiger partial charge in [-0.05, 0) is 24.7 Å². The number of carbonyl (C=O) groups is 1. The third-order valence-electron chi connectivity index (χ3n) is 3.83. The van der Waals surface area contributed by atoms with Crippen LogP contribution in [0.3, 0.4) is 0 Å². The van der Waals surface area contributed by atoms with Gasteiger partial charge in [-0.25, -0.2) is 21.1 Å². The van der Waals surface area contributed by atoms with Gasteiger partial charge in [0.15, 0.2) is 0 Å². The Kier molecular flexibility index (Phi) is 6.18. The minimum Gasteiger partial charge on any atom is -0.481 e. The van der Waals surface area contributed by atoms with Crippen LogP contribution in [0.15, 0.2) is 0 Å². The van der Waals surface area contributed by atoms with E-state index in [9.17, 15) is 21.6 Å². The Labute approximate surface area is 126 Å². The number of sulfone groups is 1. The zero-order chi connectivity index (χ0) is 16.3. The molecule has 2 unspecified atom stereocenters. The number of carboxylic acids is 1. The molecule has 0 saturated carbocycles. The van der Waals surface area contributed by atoms with Crippen LogP contribution in [0, 0.1) is 11.8 Å². The second kappa shape index (κ2) is 7.06. The molecule has 1 aliphatic rings. The highest BCUT2D eigenvalue weighted by molar-refractivity contribution is 7.93. The number of hydrogen-bond acceptors (Lipinski definition) is 5. The van der Waals surface area contributed by atoms with Crippen molar-refractivity contribution in [2.45, 2.75) is 26.2 Å². The minimum absolute atomic E-state index is 0.00265. The first-order valence-corrected chi connectivity index (χ1v) is 10.6. The average molecular weight is 341 g/mol. The first-order valence-electron chi connectivity index (χ1n) is 6.88. The highest BCUT2D eigenvalue weighted by Crippen LogP contribution is 2.27. The van der Waals surface area contributed by atoms with E-state index in [1.807, 2.05) is 6.92 Å². The first kappa shape index (κ1) is 18.4. The molecule has 0 bridgehead atoms. The van der Waals surface area contributed by atoms with E-state index in [2.05, 4.69) is 0 Å². The molecule has 1 rings (SSSR count). The highest BCUT2D eigenvalue weighted by atomic mass is 32.2. The molecular formula is C12H23NO6S2. The zero-order valence-electron chi connectivity index (χ0n) is 12.4. The fraction of sp³-hybridized carbons (Fsp3) is 0.917. The van der Waals surface area contributed by atoms with Gasteiger partial charge in [0, 0.05) is 25.8 Å². The quantitative estimate of drug-likeness (QED) is 0.708. The molecule has 0 aromatic rings. The molecular weight excluding hydrogens is 318 g/mol. The largest absolute Gasteiger partial charge is 0.481 e. The summed E-state index contributed by atoms with van der Waals surface area (Å²) in [6, 6.07) is 0. The van der Waals surface area contributed by atoms with Crippen LogP contribution in [0.2, 0.25) is 0 Å². The summed E-state index contributed by atoms with van der Waals surface area (Å²) in [5, 5.41) is 8.82. The molecule has 124 valence electrons. The van der Waals surface area contributed by atoms with Crippen molar-refractivity contribution in [3.63, 3.8) is 0 Å². The van der Waals surface area contributed by atoms with E-state index in [0.717, 1.165) is 12.7 Å². The van der Waals surface area contributed by atoms with Crippen molar-refractivity contribution in [2.24, 2.45) is 11.8 Å². The molecule has 9 heteroatoms. The summed E-state index contributed by atoms with van der Waals surface area (Å²) in [4.78, 5) is 10.7. The highest BCUT2D eigenvalue weighted by Gasteiger charge is 2.32. The Morgan fingerprint density at radius 2 is 1.90 bits per heavy atom. The van der Waals surface area contributed by atoms with Gasteiger partial charge < -0.3 is 5.11 Å². The number of hydrogen-bond donors (Lipinski definition) is 1. The molecule has 0 amide bonds. The van der Waals surface area contributed by atoms with Gasteiger partial charge in [0.1, 0.15) is 9.84 Å². The van der Waals surface area contributed by atoms with Gasteiger partial charge in [-0.1, -0.05) is 6.92 Å². The molecule has 2 atom stereocenters. The number of piperidine rings is 1. The topological polar surface area (TPSA) is 109 Å². The van der Waals surface area contributed by atoms with Crippen LogP contribution in [0.1, 0.15) is 26.2 Å². The summed E-state index contributed by atoms with van der Waals surface area (Å²) < 4.78 is 47.9. The summed E-state index contributed by atoms with van der Waals surface area (Å²) in [6.45, 7) is 2.47. The molecule has 1 aliphatic heterocycles. The van der Waals surface area contributed by atoms with Crippen molar-refractivity contribution >= 4 is 25.8 Å². The van der Waals surface area contributed by atoms with Crippen molar-refractivity contribution < 1.29 is 26.7 Å². The van der Waals surface area contributed by atoms with E-state index >= 15 is 0 Å². The van der Waals surface area contributed by atoms with Crippen LogP contribution in [0.4, 0.5) is 0 Å². The molecule has 7 nitrogen and oxygen atoms in total. The Morgan fingerprint density at radius 3 is 2.43 bits per heavy atom. The average Bonchev–Trinajstić information content (AvgIpc) is 2.35. The third kappa shape index (κ3) is 6.31. The number of sulfonamides is 1. The number of carboxylic acid groups (broad SMARTS) is 1. The molecule has 0 spiro atoms. The lowest BCUT2D eigenvalue weighted by atomic mass is 9.85. The van der Waals surface area contributed by atoms with Crippen molar-refractivity contribution in [1.29, 1.82) is 0 Å². The van der Waals surface area contributed by atoms with Crippen LogP contribution in [0.25, 0.3) is 0 Å². The van der Waals surface area contributed by atoms with E-state index in [0.29, 0.717) is 13.0 Å². The van der Waals surface area contributed by atoms with Crippen LogP contribution >= 0.6 is 0 Å². The maximum Gasteiger partial charge on any atom is 0.303 e. The molecule has 1 heterocycles. The molecule has 0 radical (unpaired) electrons. The van der Waals surface area contributed by atoms with Crippen LogP contribution in [-0.4, -0.2) is 63.1 Å². The minimum atomic E-state index is -3.60. The predicted molar refractivity (Wildman–Crippen MR) is 79.2 cm³/mol. The molecule has 0 aromatic heterocycles. The lowest BCUT2D eigenvalue weighted by molar-refractivity contribution is -0.138. The summed E-state index contributed by atoms with van der Waals surface area (Å²) in [6.07, 6.45) is 2.50. The maximum absolute atomic E-state index is 12.2. The van der Waals surface area contributed by atoms with Gasteiger partial charge in [-0.2, -0.15) is 0 Å². The van der Waals surface area contributed by atoms with Gasteiger partial charge in [0.2, 0.25) is 10.0 Å². The summed E-state index contributed by atoms with van der Waals surface area (Å²) in [7, 11) is -6.93. The fourth-order valence-electron chi connectivity index (χ4n) is 2.52. The van der Waals surface area contributed by atoms with Gasteiger partial charge in [-0.3, -0.25) is 4.79 Å². The molecule has 21 heavy (non-hydrogen) atoms. The smallest absolute Gasteiger partial charge is 0.303 e. The molecule has 1 saturated heterocycles. The van der Waals surface area contributed by atoms with Crippen molar-refractivity contribution in [3.05, 3.63) is 0 Å². The van der Waals surface area contributed by atoms with Crippen LogP contribution in [0.5, 0.6) is 0 Å². The third-order valence-corrected chi connectivity index (χ3v) is 6.87. The number of aliphatic carboxylic acids is 1. The normalized spacial score (nSPS) is 22.9. The van der Waals surface area contributed by atoms with E-state index in [4.69, 9.17) is 5.11 Å². The first-order chi connectivity index (χ1) is 9.51. The van der Waals surface area contributed by atoms with Crippen molar-refractivity contribution in [2.75, 3.05) is 30.9 Å². The second-order valence-corrected chi connectivity index (χ2v) is 10.1. The number of rotatable bonds is 7. The second-order valence-electron chi connectivity index (χ2n) is 5.78. The Balaban J connectivity index is 2.68. The monoisotopic (exact) mass is 341 g/mol. The lowest BCUT2D eigenvalue weighted by Crippen LogP contribution is -2.43. The van der Waals surface area contributed by atoms with Crippen LogP contribution < -0.4 is 0 Å². The van der Waals surface area contributed by atoms with Crippen LogP contribution in [-0.2, 0) is 24.7 Å². The van der Waals surface area contributed by atoms with Gasteiger partial charge in [0.25, 0.3) is 0 Å². The van der Waals surface area contributed by atoms with Gasteiger partial charge in [-0.15, -0.1) is 0 Å². The summed E-state index contributed by atoms with van der Waals surface area (Å²) >= 11 is 0. The lowest BCUT2D eigenvalue weighted by Gasteiger charge is -2.34. The fourth-order valence-corrected chi connectivity index (χ4v) is 5.66. The molecule has 0 aliphatic carbocycles. The Morgan fingerprint density at radius 1 is 1.29 bits per heavy atom. The van der Waals surface area contributed by atoms with E-state index in [1.165, 1.54) is 4.31 Å². The van der Waals surface area contributed by atoms with Crippen molar-refractivity contribution in [1.82, 2.24) is 4.31 Å². The molecule has 0 aromatic carbocycles. The van der Waals surface area contributed by atoms with E-state index in [-0.39, 0.29) is 30.6 Å². The number of nitrogens with zero attached hydrogens (tertiary/aromatic N) is 1. The SMILES string of the molecule is CC(CC(=O)O)C1CCCN(S(=O)(=O)CCS(C)(=O)=O)C1. The van der Waals surface area contributed by atoms with Gasteiger partial charge in [0.05, 0.1) is 11.5 Å². The van der Waals surface area contributed by atoms with E-state index < -0.39 is 31.6 Å². The Bertz CT molecular complexity index is 569. The summed E-state index contributed by atoms with van der Waals surface area (Å²) in [5.41, 5.74) is 0. The maximum atomic E-state index is 12.2.